The van der Waals surface area contributed by atoms with Crippen molar-refractivity contribution in [3.05, 3.63) is 48.0 Å². The second-order valence-corrected chi connectivity index (χ2v) is 3.53. The Labute approximate surface area is 121 Å². The van der Waals surface area contributed by atoms with Crippen molar-refractivity contribution in [3.63, 3.8) is 0 Å². The van der Waals surface area contributed by atoms with Crippen LogP contribution in [-0.2, 0) is 4.79 Å². The van der Waals surface area contributed by atoms with Crippen LogP contribution in [0.1, 0.15) is 16.8 Å². The monoisotopic (exact) mass is 236 g/mol. The summed E-state index contributed by atoms with van der Waals surface area (Å²) in [5.74, 6) is -1.77. The van der Waals surface area contributed by atoms with Gasteiger partial charge in [-0.1, -0.05) is 36.4 Å². The number of carbonyl (C=O) groups is 2. The number of rotatable bonds is 3. The first-order chi connectivity index (χ1) is 7.66. The average Bonchev–Trinajstić information content (AvgIpc) is 2.27. The van der Waals surface area contributed by atoms with Gasteiger partial charge in [0, 0.05) is 11.5 Å². The van der Waals surface area contributed by atoms with Gasteiger partial charge in [-0.25, -0.2) is 0 Å². The van der Waals surface area contributed by atoms with Crippen molar-refractivity contribution in [2.24, 2.45) is 0 Å². The summed E-state index contributed by atoms with van der Waals surface area (Å²) in [4.78, 5) is 21.8. The minimum absolute atomic E-state index is 0. The fourth-order valence-electron chi connectivity index (χ4n) is 1.60. The van der Waals surface area contributed by atoms with E-state index in [0.717, 1.165) is 10.8 Å². The number of hydrogen-bond donors (Lipinski definition) is 0. The summed E-state index contributed by atoms with van der Waals surface area (Å²) in [7, 11) is 0. The third-order valence-corrected chi connectivity index (χ3v) is 2.38. The van der Waals surface area contributed by atoms with Crippen LogP contribution >= 0.6 is 0 Å². The van der Waals surface area contributed by atoms with Crippen LogP contribution < -0.4 is 34.7 Å². The van der Waals surface area contributed by atoms with Gasteiger partial charge in [0.05, 0.1) is 6.42 Å². The maximum absolute atomic E-state index is 11.5. The molecule has 0 unspecified atom stereocenters. The number of benzene rings is 2. The minimum atomic E-state index is -1.35. The molecule has 0 saturated heterocycles. The number of hydrogen-bond acceptors (Lipinski definition) is 3. The molecule has 0 amide bonds. The molecule has 3 nitrogen and oxygen atoms in total. The first-order valence-electron chi connectivity index (χ1n) is 4.88. The number of ketones is 1. The molecule has 2 rings (SSSR count). The predicted molar refractivity (Wildman–Crippen MR) is 57.9 cm³/mol. The van der Waals surface area contributed by atoms with Crippen molar-refractivity contribution in [1.29, 1.82) is 0 Å². The molecule has 0 bridgehead atoms. The number of Topliss-reactive ketones (excluding diaryl/α,β-unsaturated/α-hetero) is 1. The predicted octanol–water partition coefficient (Wildman–Crippen LogP) is -1.83. The van der Waals surface area contributed by atoms with Gasteiger partial charge in [0.1, 0.15) is 0 Å². The fourth-order valence-corrected chi connectivity index (χ4v) is 1.60. The van der Waals surface area contributed by atoms with Crippen LogP contribution in [0, 0.1) is 0 Å². The molecule has 2 aromatic rings. The van der Waals surface area contributed by atoms with Crippen LogP contribution in [0.25, 0.3) is 10.8 Å². The smallest absolute Gasteiger partial charge is 0.550 e. The second kappa shape index (κ2) is 5.96. The summed E-state index contributed by atoms with van der Waals surface area (Å²) in [6, 6.07) is 12.7. The van der Waals surface area contributed by atoms with E-state index < -0.39 is 18.2 Å². The van der Waals surface area contributed by atoms with Crippen LogP contribution in [0.3, 0.4) is 0 Å². The van der Waals surface area contributed by atoms with Crippen LogP contribution in [0.4, 0.5) is 0 Å². The molecule has 4 heteroatoms. The van der Waals surface area contributed by atoms with Gasteiger partial charge in [0.25, 0.3) is 0 Å². The van der Waals surface area contributed by atoms with Gasteiger partial charge in [-0.15, -0.1) is 0 Å². The van der Waals surface area contributed by atoms with E-state index in [1.165, 1.54) is 0 Å². The van der Waals surface area contributed by atoms with E-state index >= 15 is 0 Å². The maximum Gasteiger partial charge on any atom is 1.00 e. The van der Waals surface area contributed by atoms with Crippen LogP contribution in [0.15, 0.2) is 42.5 Å². The summed E-state index contributed by atoms with van der Waals surface area (Å²) in [6.45, 7) is 0. The van der Waals surface area contributed by atoms with Crippen molar-refractivity contribution < 1.29 is 44.3 Å². The molecule has 0 atom stereocenters. The molecule has 17 heavy (non-hydrogen) atoms. The minimum Gasteiger partial charge on any atom is -0.550 e. The van der Waals surface area contributed by atoms with Crippen molar-refractivity contribution >= 4 is 22.5 Å². The summed E-state index contributed by atoms with van der Waals surface area (Å²) >= 11 is 0. The topological polar surface area (TPSA) is 57.2 Å². The average molecular weight is 236 g/mol. The van der Waals surface area contributed by atoms with E-state index in [2.05, 4.69) is 0 Å². The Morgan fingerprint density at radius 1 is 1.00 bits per heavy atom. The third-order valence-electron chi connectivity index (χ3n) is 2.38. The molecule has 0 aliphatic carbocycles. The second-order valence-electron chi connectivity index (χ2n) is 3.53. The normalized spacial score (nSPS) is 9.65. The Bertz CT molecular complexity index is 563. The van der Waals surface area contributed by atoms with Gasteiger partial charge in [-0.2, -0.15) is 0 Å². The molecular formula is C13H9NaO3. The molecule has 0 fully saturated rings. The van der Waals surface area contributed by atoms with E-state index in [9.17, 15) is 14.7 Å². The van der Waals surface area contributed by atoms with Crippen molar-refractivity contribution in [3.8, 4) is 0 Å². The number of fused-ring (bicyclic) bond motifs is 1. The number of aliphatic carboxylic acids is 1. The molecule has 0 aliphatic rings. The first-order valence-corrected chi connectivity index (χ1v) is 4.88. The zero-order valence-corrected chi connectivity index (χ0v) is 11.5. The Kier molecular flexibility index (Phi) is 4.87. The Morgan fingerprint density at radius 2 is 1.65 bits per heavy atom. The number of carboxylic acid groups (broad SMARTS) is 1. The molecule has 0 aliphatic heterocycles. The molecule has 0 spiro atoms. The first kappa shape index (κ1) is 13.9. The van der Waals surface area contributed by atoms with Gasteiger partial charge < -0.3 is 9.90 Å². The maximum atomic E-state index is 11.5. The Hall–Kier alpha value is -1.16. The summed E-state index contributed by atoms with van der Waals surface area (Å²) in [6.07, 6.45) is -0.571. The van der Waals surface area contributed by atoms with Crippen LogP contribution in [0.2, 0.25) is 0 Å². The van der Waals surface area contributed by atoms with E-state index in [-0.39, 0.29) is 29.6 Å². The van der Waals surface area contributed by atoms with E-state index in [1.54, 1.807) is 18.2 Å². The van der Waals surface area contributed by atoms with Crippen molar-refractivity contribution in [2.45, 2.75) is 6.42 Å². The van der Waals surface area contributed by atoms with Crippen LogP contribution in [-0.4, -0.2) is 11.8 Å². The van der Waals surface area contributed by atoms with Gasteiger partial charge in [0.15, 0.2) is 5.78 Å². The molecule has 0 heterocycles. The van der Waals surface area contributed by atoms with Crippen molar-refractivity contribution in [2.75, 3.05) is 0 Å². The molecule has 0 aromatic heterocycles. The summed E-state index contributed by atoms with van der Waals surface area (Å²) < 4.78 is 0. The zero-order valence-electron chi connectivity index (χ0n) is 9.47. The fraction of sp³-hybridized carbons (Fsp3) is 0.0769. The standard InChI is InChI=1S/C13H10O3.Na/c14-12(8-13(15)16)11-6-5-9-3-1-2-4-10(9)7-11;/h1-7H,8H2,(H,15,16);/q;+1/p-1. The third kappa shape index (κ3) is 3.40. The van der Waals surface area contributed by atoms with Gasteiger partial charge >= 0.3 is 29.6 Å². The van der Waals surface area contributed by atoms with Gasteiger partial charge in [-0.3, -0.25) is 4.79 Å². The van der Waals surface area contributed by atoms with Gasteiger partial charge in [0.2, 0.25) is 0 Å². The largest absolute Gasteiger partial charge is 1.00 e. The van der Waals surface area contributed by atoms with Gasteiger partial charge in [-0.05, 0) is 16.8 Å². The summed E-state index contributed by atoms with van der Waals surface area (Å²) in [5.41, 5.74) is 0.405. The van der Waals surface area contributed by atoms with E-state index in [4.69, 9.17) is 0 Å². The molecule has 0 saturated carbocycles. The molecular weight excluding hydrogens is 227 g/mol. The van der Waals surface area contributed by atoms with E-state index in [1.807, 2.05) is 24.3 Å². The number of carbonyl (C=O) groups excluding carboxylic acids is 2. The molecule has 0 N–H and O–H groups in total. The SMILES string of the molecule is O=C([O-])CC(=O)c1ccc2ccccc2c1.[Na+]. The quantitative estimate of drug-likeness (QED) is 0.358. The van der Waals surface area contributed by atoms with E-state index in [0.29, 0.717) is 5.56 Å². The Morgan fingerprint density at radius 3 is 2.29 bits per heavy atom. The number of carboxylic acids is 1. The zero-order chi connectivity index (χ0) is 11.5. The molecule has 0 radical (unpaired) electrons. The molecule has 2 aromatic carbocycles. The van der Waals surface area contributed by atoms with Crippen LogP contribution in [0.5, 0.6) is 0 Å². The Balaban J connectivity index is 0.00000144. The summed E-state index contributed by atoms with van der Waals surface area (Å²) in [5, 5.41) is 12.3. The van der Waals surface area contributed by atoms with Crippen molar-refractivity contribution in [1.82, 2.24) is 0 Å². The molecule has 80 valence electrons.